The van der Waals surface area contributed by atoms with Crippen LogP contribution in [-0.2, 0) is 4.74 Å². The third kappa shape index (κ3) is 2.52. The minimum absolute atomic E-state index is 0.0747. The van der Waals surface area contributed by atoms with Gasteiger partial charge in [-0.1, -0.05) is 0 Å². The van der Waals surface area contributed by atoms with Crippen LogP contribution in [0.2, 0.25) is 0 Å². The van der Waals surface area contributed by atoms with Crippen molar-refractivity contribution in [2.45, 2.75) is 12.5 Å². The minimum Gasteiger partial charge on any atom is -0.453 e. The van der Waals surface area contributed by atoms with E-state index in [1.54, 1.807) is 4.90 Å². The van der Waals surface area contributed by atoms with Gasteiger partial charge >= 0.3 is 6.09 Å². The van der Waals surface area contributed by atoms with Crippen LogP contribution in [0.4, 0.5) is 4.79 Å². The Morgan fingerprint density at radius 2 is 2.47 bits per heavy atom. The molecular weight excluding hydrogens is 226 g/mol. The average molecular weight is 239 g/mol. The fourth-order valence-corrected chi connectivity index (χ4v) is 1.75. The molecule has 1 aliphatic heterocycles. The molecule has 0 saturated carbocycles. The number of aromatic nitrogens is 3. The van der Waals surface area contributed by atoms with Crippen LogP contribution in [0.5, 0.6) is 0 Å². The van der Waals surface area contributed by atoms with Crippen molar-refractivity contribution < 1.29 is 14.3 Å². The number of H-pyrrole nitrogens is 1. The molecule has 2 heterocycles. The lowest BCUT2D eigenvalue weighted by Crippen LogP contribution is -2.38. The number of likely N-dealkylation sites (tertiary alicyclic amines) is 1. The van der Waals surface area contributed by atoms with Crippen molar-refractivity contribution in [3.8, 4) is 0 Å². The molecular formula is C9H13N5O3. The molecule has 8 heteroatoms. The highest BCUT2D eigenvalue weighted by molar-refractivity contribution is 5.90. The highest BCUT2D eigenvalue weighted by atomic mass is 16.5. The van der Waals surface area contributed by atoms with Gasteiger partial charge in [-0.15, -0.1) is 0 Å². The summed E-state index contributed by atoms with van der Waals surface area (Å²) in [5, 5.41) is 8.80. The lowest BCUT2D eigenvalue weighted by molar-refractivity contribution is 0.0776. The summed E-state index contributed by atoms with van der Waals surface area (Å²) in [5.41, 5.74) is 0. The van der Waals surface area contributed by atoms with Crippen molar-refractivity contribution in [2.24, 2.45) is 0 Å². The maximum atomic E-state index is 11.9. The zero-order valence-corrected chi connectivity index (χ0v) is 9.34. The summed E-state index contributed by atoms with van der Waals surface area (Å²) in [7, 11) is 1.31. The number of hydrogen-bond donors (Lipinski definition) is 2. The Morgan fingerprint density at radius 3 is 3.12 bits per heavy atom. The molecule has 92 valence electrons. The zero-order valence-electron chi connectivity index (χ0n) is 9.34. The number of hydrogen-bond acceptors (Lipinski definition) is 5. The van der Waals surface area contributed by atoms with Gasteiger partial charge in [0.05, 0.1) is 13.2 Å². The number of rotatable bonds is 2. The Bertz CT molecular complexity index is 405. The molecule has 1 aromatic rings. The van der Waals surface area contributed by atoms with E-state index in [2.05, 4.69) is 25.2 Å². The quantitative estimate of drug-likeness (QED) is 0.716. The van der Waals surface area contributed by atoms with E-state index in [1.807, 2.05) is 0 Å². The van der Waals surface area contributed by atoms with Gasteiger partial charge in [-0.3, -0.25) is 9.89 Å². The number of nitrogens with zero attached hydrogens (tertiary/aromatic N) is 3. The van der Waals surface area contributed by atoms with Crippen LogP contribution in [0, 0.1) is 0 Å². The Kier molecular flexibility index (Phi) is 3.22. The first-order chi connectivity index (χ1) is 8.20. The molecule has 8 nitrogen and oxygen atoms in total. The van der Waals surface area contributed by atoms with E-state index < -0.39 is 6.09 Å². The van der Waals surface area contributed by atoms with Crippen LogP contribution in [0.25, 0.3) is 0 Å². The summed E-state index contributed by atoms with van der Waals surface area (Å²) < 4.78 is 4.50. The predicted molar refractivity (Wildman–Crippen MR) is 56.2 cm³/mol. The van der Waals surface area contributed by atoms with E-state index in [9.17, 15) is 9.59 Å². The molecule has 1 aromatic heterocycles. The topological polar surface area (TPSA) is 100 Å². The van der Waals surface area contributed by atoms with Gasteiger partial charge in [-0.2, -0.15) is 5.10 Å². The van der Waals surface area contributed by atoms with Crippen LogP contribution < -0.4 is 5.32 Å². The summed E-state index contributed by atoms with van der Waals surface area (Å²) in [5.74, 6) is 0.000355. The van der Waals surface area contributed by atoms with Gasteiger partial charge < -0.3 is 15.0 Å². The minimum atomic E-state index is -0.482. The van der Waals surface area contributed by atoms with E-state index in [0.717, 1.165) is 0 Å². The Balaban J connectivity index is 1.90. The first kappa shape index (κ1) is 11.4. The molecule has 0 aliphatic carbocycles. The Hall–Kier alpha value is -2.12. The van der Waals surface area contributed by atoms with Gasteiger partial charge in [-0.05, 0) is 6.42 Å². The summed E-state index contributed by atoms with van der Waals surface area (Å²) in [6.45, 7) is 1.03. The number of alkyl carbamates (subject to hydrolysis) is 1. The number of ether oxygens (including phenoxy) is 1. The normalized spacial score (nSPS) is 19.1. The Morgan fingerprint density at radius 1 is 1.65 bits per heavy atom. The second-order valence-corrected chi connectivity index (χ2v) is 3.71. The number of nitrogens with one attached hydrogen (secondary N) is 2. The van der Waals surface area contributed by atoms with E-state index >= 15 is 0 Å². The highest BCUT2D eigenvalue weighted by Crippen LogP contribution is 2.11. The molecule has 0 spiro atoms. The predicted octanol–water partition coefficient (Wildman–Crippen LogP) is -0.625. The summed E-state index contributed by atoms with van der Waals surface area (Å²) in [6.07, 6.45) is 1.51. The van der Waals surface area contributed by atoms with E-state index in [4.69, 9.17) is 0 Å². The van der Waals surface area contributed by atoms with Crippen LogP contribution in [0.15, 0.2) is 6.33 Å². The van der Waals surface area contributed by atoms with E-state index in [-0.39, 0.29) is 17.8 Å². The largest absolute Gasteiger partial charge is 0.453 e. The van der Waals surface area contributed by atoms with Crippen molar-refractivity contribution in [3.05, 3.63) is 12.2 Å². The fraction of sp³-hybridized carbons (Fsp3) is 0.556. The molecule has 0 radical (unpaired) electrons. The summed E-state index contributed by atoms with van der Waals surface area (Å²) >= 11 is 0. The van der Waals surface area contributed by atoms with E-state index in [1.165, 1.54) is 13.4 Å². The van der Waals surface area contributed by atoms with Crippen molar-refractivity contribution in [1.29, 1.82) is 0 Å². The molecule has 1 aliphatic rings. The van der Waals surface area contributed by atoms with Gasteiger partial charge in [0.25, 0.3) is 5.91 Å². The SMILES string of the molecule is COC(=O)NC1CCN(C(=O)c2ncn[nH]2)C1. The third-order valence-corrected chi connectivity index (χ3v) is 2.60. The molecule has 1 fully saturated rings. The van der Waals surface area contributed by atoms with Gasteiger partial charge in [-0.25, -0.2) is 9.78 Å². The van der Waals surface area contributed by atoms with Crippen LogP contribution in [-0.4, -0.2) is 58.3 Å². The Labute approximate surface area is 97.3 Å². The second-order valence-electron chi connectivity index (χ2n) is 3.71. The van der Waals surface area contributed by atoms with Crippen LogP contribution in [0.3, 0.4) is 0 Å². The molecule has 17 heavy (non-hydrogen) atoms. The fourth-order valence-electron chi connectivity index (χ4n) is 1.75. The molecule has 0 bridgehead atoms. The molecule has 2 N–H and O–H groups in total. The average Bonchev–Trinajstić information content (AvgIpc) is 2.98. The maximum absolute atomic E-state index is 11.9. The van der Waals surface area contributed by atoms with Crippen molar-refractivity contribution in [3.63, 3.8) is 0 Å². The first-order valence-electron chi connectivity index (χ1n) is 5.20. The second kappa shape index (κ2) is 4.81. The molecule has 2 rings (SSSR count). The number of methoxy groups -OCH3 is 1. The smallest absolute Gasteiger partial charge is 0.407 e. The maximum Gasteiger partial charge on any atom is 0.407 e. The van der Waals surface area contributed by atoms with Gasteiger partial charge in [0, 0.05) is 13.1 Å². The van der Waals surface area contributed by atoms with Gasteiger partial charge in [0.15, 0.2) is 0 Å². The molecule has 2 amide bonds. The number of carbonyl (C=O) groups is 2. The summed E-state index contributed by atoms with van der Waals surface area (Å²) in [4.78, 5) is 28.3. The summed E-state index contributed by atoms with van der Waals surface area (Å²) in [6, 6.07) is -0.0747. The molecule has 1 saturated heterocycles. The van der Waals surface area contributed by atoms with Crippen molar-refractivity contribution in [1.82, 2.24) is 25.4 Å². The monoisotopic (exact) mass is 239 g/mol. The number of carbonyl (C=O) groups excluding carboxylic acids is 2. The lowest BCUT2D eigenvalue weighted by atomic mass is 10.3. The zero-order chi connectivity index (χ0) is 12.3. The van der Waals surface area contributed by atoms with Crippen LogP contribution in [0.1, 0.15) is 17.0 Å². The first-order valence-corrected chi connectivity index (χ1v) is 5.20. The molecule has 0 aromatic carbocycles. The van der Waals surface area contributed by atoms with Gasteiger partial charge in [0.2, 0.25) is 5.82 Å². The highest BCUT2D eigenvalue weighted by Gasteiger charge is 2.29. The number of amides is 2. The van der Waals surface area contributed by atoms with Crippen molar-refractivity contribution >= 4 is 12.0 Å². The molecule has 1 atom stereocenters. The lowest BCUT2D eigenvalue weighted by Gasteiger charge is -2.15. The van der Waals surface area contributed by atoms with Crippen LogP contribution >= 0.6 is 0 Å². The van der Waals surface area contributed by atoms with E-state index in [0.29, 0.717) is 19.5 Å². The molecule has 1 unspecified atom stereocenters. The number of aromatic amines is 1. The van der Waals surface area contributed by atoms with Crippen molar-refractivity contribution in [2.75, 3.05) is 20.2 Å². The third-order valence-electron chi connectivity index (χ3n) is 2.60. The standard InChI is InChI=1S/C9H13N5O3/c1-17-9(16)12-6-2-3-14(4-6)8(15)7-10-5-11-13-7/h5-6H,2-4H2,1H3,(H,12,16)(H,10,11,13). The van der Waals surface area contributed by atoms with Gasteiger partial charge in [0.1, 0.15) is 6.33 Å².